The number of rotatable bonds is 11. The van der Waals surface area contributed by atoms with E-state index in [0.29, 0.717) is 5.92 Å². The predicted octanol–water partition coefficient (Wildman–Crippen LogP) is 4.42. The molecule has 0 spiro atoms. The van der Waals surface area contributed by atoms with Crippen LogP contribution >= 0.6 is 15.9 Å². The third kappa shape index (κ3) is 8.03. The summed E-state index contributed by atoms with van der Waals surface area (Å²) in [5.74, 6) is 0.646. The molecule has 1 N–H and O–H groups in total. The van der Waals surface area contributed by atoms with Crippen LogP contribution in [0.3, 0.4) is 0 Å². The zero-order valence-electron chi connectivity index (χ0n) is 12.8. The molecule has 2 nitrogen and oxygen atoms in total. The first-order valence-corrected chi connectivity index (χ1v) is 8.58. The molecule has 0 fully saturated rings. The van der Waals surface area contributed by atoms with Crippen LogP contribution in [0.5, 0.6) is 0 Å². The molecule has 0 aliphatic heterocycles. The number of ether oxygens (including phenoxy) is 1. The van der Waals surface area contributed by atoms with Gasteiger partial charge in [0.1, 0.15) is 0 Å². The highest BCUT2D eigenvalue weighted by Crippen LogP contribution is 2.17. The second-order valence-electron chi connectivity index (χ2n) is 5.31. The lowest BCUT2D eigenvalue weighted by Crippen LogP contribution is -2.26. The Morgan fingerprint density at radius 2 is 2.05 bits per heavy atom. The number of hydrogen-bond donors (Lipinski definition) is 1. The fourth-order valence-electron chi connectivity index (χ4n) is 2.25. The summed E-state index contributed by atoms with van der Waals surface area (Å²) < 4.78 is 6.81. The van der Waals surface area contributed by atoms with Crippen LogP contribution in [0.2, 0.25) is 0 Å². The van der Waals surface area contributed by atoms with Crippen molar-refractivity contribution in [3.8, 4) is 0 Å². The lowest BCUT2D eigenvalue weighted by molar-refractivity contribution is 0.120. The van der Waals surface area contributed by atoms with E-state index in [0.717, 1.165) is 50.0 Å². The maximum absolute atomic E-state index is 5.64. The van der Waals surface area contributed by atoms with Crippen LogP contribution in [0, 0.1) is 5.92 Å². The molecule has 0 saturated carbocycles. The van der Waals surface area contributed by atoms with Crippen molar-refractivity contribution >= 4 is 15.9 Å². The first-order valence-electron chi connectivity index (χ1n) is 7.79. The Hall–Kier alpha value is -0.380. The van der Waals surface area contributed by atoms with E-state index in [4.69, 9.17) is 4.74 Å². The molecule has 1 aromatic carbocycles. The molecule has 114 valence electrons. The van der Waals surface area contributed by atoms with Crippen molar-refractivity contribution < 1.29 is 4.74 Å². The standard InChI is InChI=1S/C17H28BrNO/c1-3-9-19-14-16(8-11-20-10-4-2)12-15-6-5-7-17(18)13-15/h5-7,13,16,19H,3-4,8-12,14H2,1-2H3. The zero-order chi connectivity index (χ0) is 14.6. The van der Waals surface area contributed by atoms with E-state index in [9.17, 15) is 0 Å². The minimum absolute atomic E-state index is 0.646. The van der Waals surface area contributed by atoms with Crippen LogP contribution in [-0.4, -0.2) is 26.3 Å². The van der Waals surface area contributed by atoms with E-state index >= 15 is 0 Å². The molecule has 0 heterocycles. The highest BCUT2D eigenvalue weighted by Gasteiger charge is 2.10. The first kappa shape index (κ1) is 17.7. The van der Waals surface area contributed by atoms with Crippen LogP contribution in [0.25, 0.3) is 0 Å². The minimum Gasteiger partial charge on any atom is -0.381 e. The summed E-state index contributed by atoms with van der Waals surface area (Å²) in [4.78, 5) is 0. The average molecular weight is 342 g/mol. The smallest absolute Gasteiger partial charge is 0.0469 e. The van der Waals surface area contributed by atoms with Crippen LogP contribution in [0.15, 0.2) is 28.7 Å². The fraction of sp³-hybridized carbons (Fsp3) is 0.647. The van der Waals surface area contributed by atoms with Crippen molar-refractivity contribution in [2.75, 3.05) is 26.3 Å². The Bertz CT molecular complexity index is 357. The van der Waals surface area contributed by atoms with E-state index in [1.807, 2.05) is 0 Å². The fourth-order valence-corrected chi connectivity index (χ4v) is 2.70. The molecule has 0 aromatic heterocycles. The number of halogens is 1. The van der Waals surface area contributed by atoms with Crippen molar-refractivity contribution in [2.45, 2.75) is 39.5 Å². The van der Waals surface area contributed by atoms with Gasteiger partial charge in [-0.1, -0.05) is 41.9 Å². The highest BCUT2D eigenvalue weighted by molar-refractivity contribution is 9.10. The third-order valence-corrected chi connectivity index (χ3v) is 3.79. The van der Waals surface area contributed by atoms with Gasteiger partial charge in [-0.05, 0) is 62.4 Å². The van der Waals surface area contributed by atoms with Crippen LogP contribution in [0.1, 0.15) is 38.7 Å². The first-order chi connectivity index (χ1) is 9.76. The Morgan fingerprint density at radius 1 is 1.20 bits per heavy atom. The lowest BCUT2D eigenvalue weighted by Gasteiger charge is -2.18. The van der Waals surface area contributed by atoms with E-state index in [-0.39, 0.29) is 0 Å². The predicted molar refractivity (Wildman–Crippen MR) is 90.2 cm³/mol. The summed E-state index contributed by atoms with van der Waals surface area (Å²) >= 11 is 3.55. The molecule has 0 aliphatic rings. The van der Waals surface area contributed by atoms with Crippen LogP contribution in [-0.2, 0) is 11.2 Å². The van der Waals surface area contributed by atoms with Crippen molar-refractivity contribution in [2.24, 2.45) is 5.92 Å². The Balaban J connectivity index is 2.43. The molecule has 0 bridgehead atoms. The van der Waals surface area contributed by atoms with Gasteiger partial charge >= 0.3 is 0 Å². The van der Waals surface area contributed by atoms with Crippen molar-refractivity contribution in [3.63, 3.8) is 0 Å². The quantitative estimate of drug-likeness (QED) is 0.601. The second kappa shape index (κ2) is 11.3. The molecule has 1 unspecified atom stereocenters. The Kier molecular flexibility index (Phi) is 9.98. The van der Waals surface area contributed by atoms with Crippen molar-refractivity contribution in [1.29, 1.82) is 0 Å². The number of benzene rings is 1. The monoisotopic (exact) mass is 341 g/mol. The molecule has 3 heteroatoms. The van der Waals surface area contributed by atoms with Gasteiger partial charge in [-0.2, -0.15) is 0 Å². The Morgan fingerprint density at radius 3 is 2.75 bits per heavy atom. The third-order valence-electron chi connectivity index (χ3n) is 3.29. The molecule has 0 amide bonds. The van der Waals surface area contributed by atoms with Gasteiger partial charge < -0.3 is 10.1 Å². The summed E-state index contributed by atoms with van der Waals surface area (Å²) in [6.45, 7) is 8.30. The normalized spacial score (nSPS) is 12.6. The molecule has 0 aliphatic carbocycles. The molecule has 20 heavy (non-hydrogen) atoms. The SMILES string of the molecule is CCCNCC(CCOCCC)Cc1cccc(Br)c1. The minimum atomic E-state index is 0.646. The van der Waals surface area contributed by atoms with Crippen LogP contribution < -0.4 is 5.32 Å². The summed E-state index contributed by atoms with van der Waals surface area (Å²) in [7, 11) is 0. The lowest BCUT2D eigenvalue weighted by atomic mass is 9.96. The molecule has 1 aromatic rings. The van der Waals surface area contributed by atoms with E-state index in [1.54, 1.807) is 0 Å². The van der Waals surface area contributed by atoms with Crippen LogP contribution in [0.4, 0.5) is 0 Å². The van der Waals surface area contributed by atoms with E-state index in [2.05, 4.69) is 59.4 Å². The van der Waals surface area contributed by atoms with E-state index < -0.39 is 0 Å². The average Bonchev–Trinajstić information content (AvgIpc) is 2.43. The van der Waals surface area contributed by atoms with Gasteiger partial charge in [-0.3, -0.25) is 0 Å². The van der Waals surface area contributed by atoms with Gasteiger partial charge in [-0.15, -0.1) is 0 Å². The van der Waals surface area contributed by atoms with Gasteiger partial charge in [0.25, 0.3) is 0 Å². The summed E-state index contributed by atoms with van der Waals surface area (Å²) in [5, 5.41) is 3.54. The molecular formula is C17H28BrNO. The second-order valence-corrected chi connectivity index (χ2v) is 6.22. The number of hydrogen-bond acceptors (Lipinski definition) is 2. The van der Waals surface area contributed by atoms with Crippen molar-refractivity contribution in [3.05, 3.63) is 34.3 Å². The van der Waals surface area contributed by atoms with Gasteiger partial charge in [0.2, 0.25) is 0 Å². The number of nitrogens with one attached hydrogen (secondary N) is 1. The summed E-state index contributed by atoms with van der Waals surface area (Å²) in [6, 6.07) is 8.63. The summed E-state index contributed by atoms with van der Waals surface area (Å²) in [6.07, 6.45) is 4.54. The van der Waals surface area contributed by atoms with E-state index in [1.165, 1.54) is 12.0 Å². The van der Waals surface area contributed by atoms with Gasteiger partial charge in [-0.25, -0.2) is 0 Å². The van der Waals surface area contributed by atoms with Gasteiger partial charge in [0.05, 0.1) is 0 Å². The molecule has 0 radical (unpaired) electrons. The maximum Gasteiger partial charge on any atom is 0.0469 e. The summed E-state index contributed by atoms with van der Waals surface area (Å²) in [5.41, 5.74) is 1.40. The molecule has 1 rings (SSSR count). The largest absolute Gasteiger partial charge is 0.381 e. The van der Waals surface area contributed by atoms with Gasteiger partial charge in [0, 0.05) is 17.7 Å². The Labute approximate surface area is 132 Å². The maximum atomic E-state index is 5.64. The molecule has 0 saturated heterocycles. The van der Waals surface area contributed by atoms with Gasteiger partial charge in [0.15, 0.2) is 0 Å². The zero-order valence-corrected chi connectivity index (χ0v) is 14.4. The molecule has 1 atom stereocenters. The highest BCUT2D eigenvalue weighted by atomic mass is 79.9. The topological polar surface area (TPSA) is 21.3 Å². The van der Waals surface area contributed by atoms with Crippen molar-refractivity contribution in [1.82, 2.24) is 5.32 Å². The molecular weight excluding hydrogens is 314 g/mol.